The summed E-state index contributed by atoms with van der Waals surface area (Å²) in [6.45, 7) is 17.6. The number of ether oxygens (including phenoxy) is 8. The molecule has 4 unspecified atom stereocenters. The lowest BCUT2D eigenvalue weighted by molar-refractivity contribution is -0.175. The van der Waals surface area contributed by atoms with Crippen LogP contribution < -0.4 is 0 Å². The molecule has 9 atom stereocenters. The molecule has 2 rings (SSSR count). The van der Waals surface area contributed by atoms with Crippen molar-refractivity contribution in [2.45, 2.75) is 144 Å². The number of unbranched alkanes of at least 4 members (excludes halogenated alkanes) is 1. The van der Waals surface area contributed by atoms with Crippen molar-refractivity contribution in [3.63, 3.8) is 0 Å². The van der Waals surface area contributed by atoms with Crippen molar-refractivity contribution >= 4 is 5.97 Å². The minimum atomic E-state index is -0.521. The summed E-state index contributed by atoms with van der Waals surface area (Å²) in [4.78, 5) is 12.1. The maximum absolute atomic E-state index is 12.1. The van der Waals surface area contributed by atoms with Crippen LogP contribution in [0, 0.1) is 11.8 Å². The van der Waals surface area contributed by atoms with Gasteiger partial charge in [0.2, 0.25) is 0 Å². The van der Waals surface area contributed by atoms with Crippen LogP contribution in [0.15, 0.2) is 54.6 Å². The van der Waals surface area contributed by atoms with Crippen LogP contribution in [-0.4, -0.2) is 75.9 Å². The monoisotopic (exact) mass is 676 g/mol. The highest BCUT2D eigenvalue weighted by Gasteiger charge is 2.44. The van der Waals surface area contributed by atoms with E-state index in [4.69, 9.17) is 37.9 Å². The Morgan fingerprint density at radius 1 is 0.792 bits per heavy atom. The molecule has 1 aliphatic rings. The minimum Gasteiger partial charge on any atom is -0.436 e. The van der Waals surface area contributed by atoms with Gasteiger partial charge in [0.1, 0.15) is 0 Å². The number of benzene rings is 1. The molecule has 0 aliphatic heterocycles. The molecule has 0 spiro atoms. The number of carbonyl (C=O) groups excluding carboxylic acids is 1. The lowest BCUT2D eigenvalue weighted by atomic mass is 9.89. The Labute approximate surface area is 290 Å². The molecule has 1 aromatic rings. The van der Waals surface area contributed by atoms with Gasteiger partial charge in [0, 0.05) is 45.2 Å². The molecule has 1 aromatic carbocycles. The summed E-state index contributed by atoms with van der Waals surface area (Å²) in [6.07, 6.45) is 12.0. The van der Waals surface area contributed by atoms with Crippen LogP contribution in [0.5, 0.6) is 0 Å². The Morgan fingerprint density at radius 2 is 1.40 bits per heavy atom. The molecular formula is C39H64O9. The first-order chi connectivity index (χ1) is 23.2. The van der Waals surface area contributed by atoms with Gasteiger partial charge in [-0.2, -0.15) is 0 Å². The van der Waals surface area contributed by atoms with Gasteiger partial charge in [-0.15, -0.1) is 0 Å². The van der Waals surface area contributed by atoms with Gasteiger partial charge < -0.3 is 37.9 Å². The molecular weight excluding hydrogens is 612 g/mol. The molecule has 0 radical (unpaired) electrons. The summed E-state index contributed by atoms with van der Waals surface area (Å²) < 4.78 is 47.4. The number of esters is 1. The van der Waals surface area contributed by atoms with Crippen LogP contribution in [0.1, 0.15) is 99.5 Å². The van der Waals surface area contributed by atoms with Crippen LogP contribution >= 0.6 is 0 Å². The molecule has 0 amide bonds. The molecule has 1 aliphatic carbocycles. The number of aryl methyl sites for hydroxylation is 1. The van der Waals surface area contributed by atoms with Gasteiger partial charge in [-0.05, 0) is 99.0 Å². The van der Waals surface area contributed by atoms with Crippen molar-refractivity contribution in [2.24, 2.45) is 11.8 Å². The van der Waals surface area contributed by atoms with Gasteiger partial charge in [-0.1, -0.05) is 54.6 Å². The Morgan fingerprint density at radius 3 is 2.04 bits per heavy atom. The summed E-state index contributed by atoms with van der Waals surface area (Å²) in [7, 11) is 0. The van der Waals surface area contributed by atoms with E-state index in [0.29, 0.717) is 39.3 Å². The molecule has 274 valence electrons. The lowest BCUT2D eigenvalue weighted by Crippen LogP contribution is -2.28. The summed E-state index contributed by atoms with van der Waals surface area (Å²) in [5.41, 5.74) is 1.27. The van der Waals surface area contributed by atoms with E-state index in [1.54, 1.807) is 6.92 Å². The highest BCUT2D eigenvalue weighted by atomic mass is 16.7. The third kappa shape index (κ3) is 17.0. The van der Waals surface area contributed by atoms with Crippen molar-refractivity contribution in [3.8, 4) is 0 Å². The minimum absolute atomic E-state index is 0.0524. The zero-order valence-corrected chi connectivity index (χ0v) is 30.8. The molecule has 0 saturated heterocycles. The molecule has 1 saturated carbocycles. The van der Waals surface area contributed by atoms with Crippen LogP contribution in [0.3, 0.4) is 0 Å². The predicted molar refractivity (Wildman–Crippen MR) is 188 cm³/mol. The summed E-state index contributed by atoms with van der Waals surface area (Å²) in [5, 5.41) is 0. The average Bonchev–Trinajstić information content (AvgIpc) is 3.35. The van der Waals surface area contributed by atoms with Gasteiger partial charge in [0.05, 0.1) is 18.3 Å². The molecule has 0 aromatic heterocycles. The maximum Gasteiger partial charge on any atom is 0.308 e. The lowest BCUT2D eigenvalue weighted by Gasteiger charge is -2.27. The van der Waals surface area contributed by atoms with Crippen molar-refractivity contribution in [3.05, 3.63) is 60.2 Å². The van der Waals surface area contributed by atoms with Crippen LogP contribution in [0.25, 0.3) is 0 Å². The van der Waals surface area contributed by atoms with Gasteiger partial charge >= 0.3 is 5.97 Å². The highest BCUT2D eigenvalue weighted by Crippen LogP contribution is 2.41. The van der Waals surface area contributed by atoms with Crippen LogP contribution in [0.2, 0.25) is 0 Å². The standard InChI is InChI=1S/C39H64O9/c1-9-41-29(5)45-34(25-24-33-20-16-15-17-21-33)26-27-36-35(22-18-13-14-19-23-39(40)48-32(8)44-12-4)37(46-30(6)42-10-2)28-38(36)47-31(7)43-11-3/h13,15-18,20-21,26-27,29-32,34-38H,9-12,14,19,22-25,28H2,1-8H3/b18-13-,27-26+/t29?,30?,31?,32?,34-,35+,36+,37-,38+/m0/s1. The largest absolute Gasteiger partial charge is 0.436 e. The molecule has 1 fully saturated rings. The van der Waals surface area contributed by atoms with E-state index in [9.17, 15) is 4.79 Å². The zero-order valence-electron chi connectivity index (χ0n) is 30.8. The van der Waals surface area contributed by atoms with E-state index < -0.39 is 6.29 Å². The highest BCUT2D eigenvalue weighted by molar-refractivity contribution is 5.69. The second-order valence-corrected chi connectivity index (χ2v) is 12.1. The first kappa shape index (κ1) is 42.1. The maximum atomic E-state index is 12.1. The summed E-state index contributed by atoms with van der Waals surface area (Å²) in [5.74, 6) is -0.0539. The molecule has 9 heteroatoms. The predicted octanol–water partition coefficient (Wildman–Crippen LogP) is 8.16. The molecule has 48 heavy (non-hydrogen) atoms. The Hall–Kier alpha value is -2.11. The number of hydrogen-bond donors (Lipinski definition) is 0. The summed E-state index contributed by atoms with van der Waals surface area (Å²) in [6, 6.07) is 10.5. The first-order valence-corrected chi connectivity index (χ1v) is 18.2. The second-order valence-electron chi connectivity index (χ2n) is 12.1. The summed E-state index contributed by atoms with van der Waals surface area (Å²) >= 11 is 0. The topological polar surface area (TPSA) is 90.9 Å². The van der Waals surface area contributed by atoms with Crippen molar-refractivity contribution in [2.75, 3.05) is 26.4 Å². The van der Waals surface area contributed by atoms with Gasteiger partial charge in [-0.3, -0.25) is 4.79 Å². The van der Waals surface area contributed by atoms with E-state index in [1.165, 1.54) is 5.56 Å². The fourth-order valence-corrected chi connectivity index (χ4v) is 6.19. The zero-order chi connectivity index (χ0) is 35.1. The number of rotatable bonds is 26. The van der Waals surface area contributed by atoms with E-state index in [-0.39, 0.29) is 55.0 Å². The number of allylic oxidation sites excluding steroid dienone is 2. The molecule has 0 N–H and O–H groups in total. The van der Waals surface area contributed by atoms with E-state index in [1.807, 2.05) is 54.5 Å². The quantitative estimate of drug-likeness (QED) is 0.0417. The third-order valence-electron chi connectivity index (χ3n) is 8.30. The van der Waals surface area contributed by atoms with Gasteiger partial charge in [0.15, 0.2) is 25.2 Å². The third-order valence-corrected chi connectivity index (χ3v) is 8.30. The van der Waals surface area contributed by atoms with Gasteiger partial charge in [-0.25, -0.2) is 0 Å². The van der Waals surface area contributed by atoms with E-state index in [0.717, 1.165) is 32.1 Å². The second kappa shape index (κ2) is 24.9. The number of hydrogen-bond acceptors (Lipinski definition) is 9. The molecule has 9 nitrogen and oxygen atoms in total. The van der Waals surface area contributed by atoms with Crippen LogP contribution in [-0.2, 0) is 49.1 Å². The molecule has 0 bridgehead atoms. The van der Waals surface area contributed by atoms with Crippen molar-refractivity contribution < 1.29 is 42.7 Å². The van der Waals surface area contributed by atoms with Crippen molar-refractivity contribution in [1.82, 2.24) is 0 Å². The smallest absolute Gasteiger partial charge is 0.308 e. The van der Waals surface area contributed by atoms with Crippen LogP contribution in [0.4, 0.5) is 0 Å². The fourth-order valence-electron chi connectivity index (χ4n) is 6.19. The Kier molecular flexibility index (Phi) is 21.8. The van der Waals surface area contributed by atoms with Gasteiger partial charge in [0.25, 0.3) is 0 Å². The fraction of sp³-hybridized carbons (Fsp3) is 0.718. The van der Waals surface area contributed by atoms with E-state index in [2.05, 4.69) is 48.6 Å². The van der Waals surface area contributed by atoms with E-state index >= 15 is 0 Å². The Balaban J connectivity index is 2.25. The normalized spacial score (nSPS) is 23.0. The molecule has 0 heterocycles. The Bertz CT molecular complexity index is 1020. The van der Waals surface area contributed by atoms with Crippen molar-refractivity contribution in [1.29, 1.82) is 0 Å². The first-order valence-electron chi connectivity index (χ1n) is 18.2. The average molecular weight is 677 g/mol. The SMILES string of the molecule is CCOC(C)OC(=O)CCC/C=C\C[C@@H]1[C@@H](/C=C/[C@H](CCc2ccccc2)OC(C)OCC)[C@H](OC(C)OCC)C[C@@H]1OC(C)OCC. The number of carbonyl (C=O) groups is 1.